The minimum Gasteiger partial charge on any atom is -0.383 e. The minimum absolute atomic E-state index is 0.142. The van der Waals surface area contributed by atoms with Crippen molar-refractivity contribution in [3.05, 3.63) is 21.9 Å². The lowest BCUT2D eigenvalue weighted by Crippen LogP contribution is -2.30. The summed E-state index contributed by atoms with van der Waals surface area (Å²) in [6.45, 7) is 1.43. The molecule has 0 saturated heterocycles. The molecule has 7 heteroatoms. The maximum atomic E-state index is 11.5. The van der Waals surface area contributed by atoms with Crippen molar-refractivity contribution in [2.75, 3.05) is 32.1 Å². The monoisotopic (exact) mass is 321 g/mol. The zero-order valence-electron chi connectivity index (χ0n) is 9.30. The van der Waals surface area contributed by atoms with Gasteiger partial charge in [0.2, 0.25) is 5.91 Å². The van der Waals surface area contributed by atoms with E-state index < -0.39 is 0 Å². The summed E-state index contributed by atoms with van der Waals surface area (Å²) in [4.78, 5) is 15.4. The molecule has 0 spiro atoms. The summed E-state index contributed by atoms with van der Waals surface area (Å²) >= 11 is 8.97. The average Bonchev–Trinajstić information content (AvgIpc) is 2.30. The van der Waals surface area contributed by atoms with Gasteiger partial charge in [-0.15, -0.1) is 0 Å². The van der Waals surface area contributed by atoms with Crippen LogP contribution in [0.1, 0.15) is 0 Å². The lowest BCUT2D eigenvalue weighted by atomic mass is 10.4. The van der Waals surface area contributed by atoms with Crippen molar-refractivity contribution < 1.29 is 9.53 Å². The minimum atomic E-state index is -0.142. The zero-order valence-corrected chi connectivity index (χ0v) is 11.6. The fourth-order valence-electron chi connectivity index (χ4n) is 1.07. The third-order valence-corrected chi connectivity index (χ3v) is 2.98. The summed E-state index contributed by atoms with van der Waals surface area (Å²) in [7, 11) is 1.61. The summed E-state index contributed by atoms with van der Waals surface area (Å²) in [6, 6.07) is 1.70. The Labute approximate surface area is 113 Å². The first kappa shape index (κ1) is 14.4. The van der Waals surface area contributed by atoms with Crippen molar-refractivity contribution >= 4 is 39.1 Å². The first-order valence-electron chi connectivity index (χ1n) is 4.94. The second-order valence-electron chi connectivity index (χ2n) is 3.21. The average molecular weight is 323 g/mol. The Morgan fingerprint density at radius 3 is 3.06 bits per heavy atom. The number of methoxy groups -OCH3 is 1. The van der Waals surface area contributed by atoms with Gasteiger partial charge in [0.1, 0.15) is 5.15 Å². The molecule has 1 aromatic rings. The number of carbonyl (C=O) groups excluding carboxylic acids is 1. The van der Waals surface area contributed by atoms with Gasteiger partial charge in [-0.1, -0.05) is 11.6 Å². The van der Waals surface area contributed by atoms with Crippen LogP contribution in [0.15, 0.2) is 16.7 Å². The van der Waals surface area contributed by atoms with E-state index >= 15 is 0 Å². The number of amides is 1. The van der Waals surface area contributed by atoms with Crippen LogP contribution < -0.4 is 10.6 Å². The van der Waals surface area contributed by atoms with Crippen molar-refractivity contribution in [2.45, 2.75) is 0 Å². The zero-order chi connectivity index (χ0) is 12.7. The van der Waals surface area contributed by atoms with Crippen molar-refractivity contribution in [2.24, 2.45) is 0 Å². The van der Waals surface area contributed by atoms with Crippen LogP contribution in [-0.2, 0) is 9.53 Å². The quantitative estimate of drug-likeness (QED) is 0.618. The molecule has 0 aliphatic heterocycles. The maximum absolute atomic E-state index is 11.5. The van der Waals surface area contributed by atoms with E-state index in [1.54, 1.807) is 13.2 Å². The molecule has 1 rings (SSSR count). The number of nitrogens with zero attached hydrogens (tertiary/aromatic N) is 1. The Hall–Kier alpha value is -0.690. The molecule has 0 aliphatic rings. The smallest absolute Gasteiger partial charge is 0.238 e. The number of pyridine rings is 1. The highest BCUT2D eigenvalue weighted by molar-refractivity contribution is 9.10. The fourth-order valence-corrected chi connectivity index (χ4v) is 1.52. The number of hydrogen-bond donors (Lipinski definition) is 2. The molecule has 1 heterocycles. The predicted molar refractivity (Wildman–Crippen MR) is 70.3 cm³/mol. The van der Waals surface area contributed by atoms with E-state index in [0.717, 1.165) is 0 Å². The molecule has 0 saturated carbocycles. The van der Waals surface area contributed by atoms with Crippen molar-refractivity contribution in [1.29, 1.82) is 0 Å². The largest absolute Gasteiger partial charge is 0.383 e. The second-order valence-corrected chi connectivity index (χ2v) is 4.43. The number of hydrogen-bond acceptors (Lipinski definition) is 4. The SMILES string of the molecule is COCCNCC(=O)Nc1cnc(Cl)c(Br)c1. The first-order chi connectivity index (χ1) is 8.13. The van der Waals surface area contributed by atoms with Gasteiger partial charge in [0.25, 0.3) is 0 Å². The van der Waals surface area contributed by atoms with Gasteiger partial charge in [-0.05, 0) is 22.0 Å². The fraction of sp³-hybridized carbons (Fsp3) is 0.400. The van der Waals surface area contributed by atoms with Crippen LogP contribution in [0.4, 0.5) is 5.69 Å². The molecule has 0 bridgehead atoms. The number of aromatic nitrogens is 1. The van der Waals surface area contributed by atoms with Gasteiger partial charge < -0.3 is 15.4 Å². The van der Waals surface area contributed by atoms with Gasteiger partial charge in [0.05, 0.1) is 29.5 Å². The summed E-state index contributed by atoms with van der Waals surface area (Å²) < 4.78 is 5.49. The third kappa shape index (κ3) is 5.45. The second kappa shape index (κ2) is 7.60. The number of ether oxygens (including phenoxy) is 1. The number of anilines is 1. The highest BCUT2D eigenvalue weighted by Gasteiger charge is 2.04. The lowest BCUT2D eigenvalue weighted by molar-refractivity contribution is -0.115. The Kier molecular flexibility index (Phi) is 6.43. The molecule has 0 unspecified atom stereocenters. The molecule has 2 N–H and O–H groups in total. The van der Waals surface area contributed by atoms with E-state index in [1.807, 2.05) is 0 Å². The number of nitrogens with one attached hydrogen (secondary N) is 2. The van der Waals surface area contributed by atoms with Crippen molar-refractivity contribution in [3.8, 4) is 0 Å². The summed E-state index contributed by atoms with van der Waals surface area (Å²) in [6.07, 6.45) is 1.50. The Morgan fingerprint density at radius 2 is 2.41 bits per heavy atom. The van der Waals surface area contributed by atoms with Gasteiger partial charge in [-0.25, -0.2) is 4.98 Å². The molecule has 17 heavy (non-hydrogen) atoms. The Morgan fingerprint density at radius 1 is 1.65 bits per heavy atom. The molecule has 1 aromatic heterocycles. The van der Waals surface area contributed by atoms with E-state index in [4.69, 9.17) is 16.3 Å². The number of halogens is 2. The van der Waals surface area contributed by atoms with E-state index in [0.29, 0.717) is 28.5 Å². The highest BCUT2D eigenvalue weighted by Crippen LogP contribution is 2.22. The Bertz CT molecular complexity index is 390. The summed E-state index contributed by atoms with van der Waals surface area (Å²) in [5.41, 5.74) is 0.597. The van der Waals surface area contributed by atoms with Crippen LogP contribution in [0.3, 0.4) is 0 Å². The van der Waals surface area contributed by atoms with Crippen molar-refractivity contribution in [1.82, 2.24) is 10.3 Å². The molecule has 1 amide bonds. The predicted octanol–water partition coefficient (Wildman–Crippen LogP) is 1.67. The number of rotatable bonds is 6. The topological polar surface area (TPSA) is 63.2 Å². The van der Waals surface area contributed by atoms with Crippen LogP contribution in [0.25, 0.3) is 0 Å². The standard InChI is InChI=1S/C10H13BrClN3O2/c1-17-3-2-13-6-9(16)15-7-4-8(11)10(12)14-5-7/h4-5,13H,2-3,6H2,1H3,(H,15,16). The third-order valence-electron chi connectivity index (χ3n) is 1.85. The molecule has 94 valence electrons. The van der Waals surface area contributed by atoms with E-state index in [-0.39, 0.29) is 12.5 Å². The first-order valence-corrected chi connectivity index (χ1v) is 6.11. The summed E-state index contributed by atoms with van der Waals surface area (Å²) in [5.74, 6) is -0.142. The molecule has 0 aromatic carbocycles. The van der Waals surface area contributed by atoms with E-state index in [9.17, 15) is 4.79 Å². The van der Waals surface area contributed by atoms with E-state index in [1.165, 1.54) is 6.20 Å². The lowest BCUT2D eigenvalue weighted by Gasteiger charge is -2.06. The van der Waals surface area contributed by atoms with Crippen LogP contribution in [-0.4, -0.2) is 37.7 Å². The maximum Gasteiger partial charge on any atom is 0.238 e. The van der Waals surface area contributed by atoms with Crippen LogP contribution in [0.5, 0.6) is 0 Å². The van der Waals surface area contributed by atoms with Gasteiger partial charge in [0.15, 0.2) is 0 Å². The molecular weight excluding hydrogens is 309 g/mol. The van der Waals surface area contributed by atoms with Gasteiger partial charge in [-0.2, -0.15) is 0 Å². The van der Waals surface area contributed by atoms with Gasteiger partial charge in [0, 0.05) is 13.7 Å². The molecule has 0 fully saturated rings. The molecule has 0 radical (unpaired) electrons. The highest BCUT2D eigenvalue weighted by atomic mass is 79.9. The normalized spacial score (nSPS) is 10.3. The molecule has 0 atom stereocenters. The summed E-state index contributed by atoms with van der Waals surface area (Å²) in [5, 5.41) is 5.99. The number of carbonyl (C=O) groups is 1. The van der Waals surface area contributed by atoms with Crippen LogP contribution in [0, 0.1) is 0 Å². The molecule has 5 nitrogen and oxygen atoms in total. The molecular formula is C10H13BrClN3O2. The van der Waals surface area contributed by atoms with E-state index in [2.05, 4.69) is 31.5 Å². The Balaban J connectivity index is 2.37. The molecule has 0 aliphatic carbocycles. The van der Waals surface area contributed by atoms with Gasteiger partial charge >= 0.3 is 0 Å². The van der Waals surface area contributed by atoms with Crippen LogP contribution >= 0.6 is 27.5 Å². The van der Waals surface area contributed by atoms with Gasteiger partial charge in [-0.3, -0.25) is 4.79 Å². The van der Waals surface area contributed by atoms with Crippen molar-refractivity contribution in [3.63, 3.8) is 0 Å². The van der Waals surface area contributed by atoms with Crippen LogP contribution in [0.2, 0.25) is 5.15 Å².